The lowest BCUT2D eigenvalue weighted by Crippen LogP contribution is -2.35. The zero-order valence-corrected chi connectivity index (χ0v) is 17.0. The molecule has 146 valence electrons. The first-order valence-electron chi connectivity index (χ1n) is 10.2. The second-order valence-electron chi connectivity index (χ2n) is 7.56. The van der Waals surface area contributed by atoms with Gasteiger partial charge in [-0.05, 0) is 36.5 Å². The smallest absolute Gasteiger partial charge is 0.178 e. The highest BCUT2D eigenvalue weighted by atomic mass is 32.2. The molecule has 2 aromatic carbocycles. The summed E-state index contributed by atoms with van der Waals surface area (Å²) in [6.45, 7) is 2.03. The van der Waals surface area contributed by atoms with E-state index < -0.39 is 9.84 Å². The van der Waals surface area contributed by atoms with Crippen molar-refractivity contribution in [3.63, 3.8) is 0 Å². The molecule has 4 heteroatoms. The quantitative estimate of drug-likeness (QED) is 0.673. The van der Waals surface area contributed by atoms with E-state index in [1.165, 1.54) is 19.3 Å². The Hall–Kier alpha value is -1.65. The Balaban J connectivity index is 1.99. The van der Waals surface area contributed by atoms with Crippen molar-refractivity contribution in [1.29, 1.82) is 0 Å². The van der Waals surface area contributed by atoms with Gasteiger partial charge in [-0.1, -0.05) is 81.1 Å². The maximum absolute atomic E-state index is 13.0. The third-order valence-corrected chi connectivity index (χ3v) is 7.34. The molecule has 0 saturated heterocycles. The summed E-state index contributed by atoms with van der Waals surface area (Å²) in [5, 5.41) is 3.79. The van der Waals surface area contributed by atoms with Crippen LogP contribution in [0, 0.1) is 0 Å². The molecule has 0 aliphatic heterocycles. The van der Waals surface area contributed by atoms with E-state index in [-0.39, 0.29) is 11.8 Å². The van der Waals surface area contributed by atoms with Crippen molar-refractivity contribution in [2.45, 2.75) is 68.8 Å². The number of hydrogen-bond donors (Lipinski definition) is 1. The van der Waals surface area contributed by atoms with Gasteiger partial charge in [0.1, 0.15) is 0 Å². The summed E-state index contributed by atoms with van der Waals surface area (Å²) >= 11 is 0. The van der Waals surface area contributed by atoms with Crippen molar-refractivity contribution in [2.75, 3.05) is 5.75 Å². The van der Waals surface area contributed by atoms with E-state index in [0.717, 1.165) is 30.4 Å². The van der Waals surface area contributed by atoms with Gasteiger partial charge in [0.05, 0.1) is 16.7 Å². The Kier molecular flexibility index (Phi) is 7.08. The second kappa shape index (κ2) is 9.52. The molecule has 3 rings (SSSR count). The fourth-order valence-corrected chi connectivity index (χ4v) is 5.68. The third kappa shape index (κ3) is 5.20. The number of benzene rings is 2. The number of nitrogens with one attached hydrogen (secondary N) is 1. The van der Waals surface area contributed by atoms with E-state index in [0.29, 0.717) is 17.4 Å². The van der Waals surface area contributed by atoms with Crippen LogP contribution in [0.3, 0.4) is 0 Å². The number of rotatable bonds is 8. The molecule has 1 N–H and O–H groups in total. The van der Waals surface area contributed by atoms with Gasteiger partial charge < -0.3 is 5.32 Å². The maximum atomic E-state index is 13.0. The van der Waals surface area contributed by atoms with Gasteiger partial charge in [-0.2, -0.15) is 0 Å². The van der Waals surface area contributed by atoms with Crippen molar-refractivity contribution >= 4 is 9.84 Å². The van der Waals surface area contributed by atoms with Crippen LogP contribution in [0.1, 0.15) is 69.0 Å². The van der Waals surface area contributed by atoms with Gasteiger partial charge in [0, 0.05) is 6.04 Å². The molecule has 0 aromatic heterocycles. The summed E-state index contributed by atoms with van der Waals surface area (Å²) < 4.78 is 26.0. The summed E-state index contributed by atoms with van der Waals surface area (Å²) in [6, 6.07) is 18.1. The monoisotopic (exact) mass is 385 g/mol. The standard InChI is InChI=1S/C23H31NO2S/c1-2-3-18-27(25,26)22-17-11-10-16-21(22)23(19-12-6-4-7-13-19)24-20-14-8-5-9-15-20/h4,6-7,10-13,16-17,20,23-24H,2-3,5,8-9,14-15,18H2,1H3. The molecule has 0 bridgehead atoms. The average Bonchev–Trinajstić information content (AvgIpc) is 2.72. The SMILES string of the molecule is CCCCS(=O)(=O)c1ccccc1C(NC1CCCCC1)c1ccccc1. The molecule has 1 saturated carbocycles. The minimum absolute atomic E-state index is 0.0955. The molecule has 1 atom stereocenters. The Bertz CT molecular complexity index is 811. The molecule has 2 aromatic rings. The lowest BCUT2D eigenvalue weighted by molar-refractivity contribution is 0.353. The molecule has 0 amide bonds. The summed E-state index contributed by atoms with van der Waals surface area (Å²) in [6.07, 6.45) is 7.69. The van der Waals surface area contributed by atoms with Crippen molar-refractivity contribution in [3.8, 4) is 0 Å². The zero-order chi connectivity index (χ0) is 19.1. The fraction of sp³-hybridized carbons (Fsp3) is 0.478. The van der Waals surface area contributed by atoms with Crippen LogP contribution in [0.15, 0.2) is 59.5 Å². The molecule has 0 radical (unpaired) electrons. The van der Waals surface area contributed by atoms with Gasteiger partial charge >= 0.3 is 0 Å². The van der Waals surface area contributed by atoms with Gasteiger partial charge in [0.2, 0.25) is 0 Å². The Morgan fingerprint density at radius 3 is 2.33 bits per heavy atom. The van der Waals surface area contributed by atoms with Crippen LogP contribution in [0.4, 0.5) is 0 Å². The van der Waals surface area contributed by atoms with E-state index in [2.05, 4.69) is 17.4 Å². The van der Waals surface area contributed by atoms with Crippen LogP contribution < -0.4 is 5.32 Å². The minimum atomic E-state index is -3.29. The van der Waals surface area contributed by atoms with Gasteiger partial charge in [0.25, 0.3) is 0 Å². The Labute approximate surface area is 164 Å². The van der Waals surface area contributed by atoms with Crippen molar-refractivity contribution < 1.29 is 8.42 Å². The van der Waals surface area contributed by atoms with Crippen LogP contribution in [0.5, 0.6) is 0 Å². The summed E-state index contributed by atoms with van der Waals surface area (Å²) in [5.74, 6) is 0.214. The van der Waals surface area contributed by atoms with Crippen LogP contribution >= 0.6 is 0 Å². The van der Waals surface area contributed by atoms with Crippen LogP contribution in [0.2, 0.25) is 0 Å². The van der Waals surface area contributed by atoms with E-state index in [1.807, 2.05) is 43.3 Å². The lowest BCUT2D eigenvalue weighted by atomic mass is 9.92. The Morgan fingerprint density at radius 2 is 1.63 bits per heavy atom. The van der Waals surface area contributed by atoms with Crippen molar-refractivity contribution in [2.24, 2.45) is 0 Å². The lowest BCUT2D eigenvalue weighted by Gasteiger charge is -2.30. The summed E-state index contributed by atoms with van der Waals surface area (Å²) in [7, 11) is -3.29. The largest absolute Gasteiger partial charge is 0.303 e. The molecular weight excluding hydrogens is 354 g/mol. The van der Waals surface area contributed by atoms with E-state index in [9.17, 15) is 8.42 Å². The highest BCUT2D eigenvalue weighted by Crippen LogP contribution is 2.31. The normalized spacial score (nSPS) is 16.9. The van der Waals surface area contributed by atoms with Crippen LogP contribution in [0.25, 0.3) is 0 Å². The van der Waals surface area contributed by atoms with E-state index in [4.69, 9.17) is 0 Å². The van der Waals surface area contributed by atoms with Crippen LogP contribution in [-0.2, 0) is 9.84 Å². The molecule has 1 aliphatic carbocycles. The predicted molar refractivity (Wildman–Crippen MR) is 112 cm³/mol. The highest BCUT2D eigenvalue weighted by molar-refractivity contribution is 7.91. The van der Waals surface area contributed by atoms with Crippen molar-refractivity contribution in [3.05, 3.63) is 65.7 Å². The second-order valence-corrected chi connectivity index (χ2v) is 9.63. The first kappa shape index (κ1) is 20.1. The van der Waals surface area contributed by atoms with Gasteiger partial charge in [-0.25, -0.2) is 8.42 Å². The first-order valence-corrected chi connectivity index (χ1v) is 11.9. The molecule has 1 unspecified atom stereocenters. The average molecular weight is 386 g/mol. The molecule has 0 heterocycles. The maximum Gasteiger partial charge on any atom is 0.178 e. The van der Waals surface area contributed by atoms with Gasteiger partial charge in [-0.3, -0.25) is 0 Å². The molecule has 1 fully saturated rings. The number of sulfone groups is 1. The van der Waals surface area contributed by atoms with Gasteiger partial charge in [-0.15, -0.1) is 0 Å². The van der Waals surface area contributed by atoms with Crippen LogP contribution in [-0.4, -0.2) is 20.2 Å². The molecule has 27 heavy (non-hydrogen) atoms. The Morgan fingerprint density at radius 1 is 0.963 bits per heavy atom. The number of unbranched alkanes of at least 4 members (excludes halogenated alkanes) is 1. The van der Waals surface area contributed by atoms with Crippen molar-refractivity contribution in [1.82, 2.24) is 5.32 Å². The molecule has 3 nitrogen and oxygen atoms in total. The minimum Gasteiger partial charge on any atom is -0.303 e. The molecule has 0 spiro atoms. The summed E-state index contributed by atoms with van der Waals surface area (Å²) in [4.78, 5) is 0.482. The highest BCUT2D eigenvalue weighted by Gasteiger charge is 2.26. The van der Waals surface area contributed by atoms with Gasteiger partial charge in [0.15, 0.2) is 9.84 Å². The molecular formula is C23H31NO2S. The first-order chi connectivity index (χ1) is 13.1. The zero-order valence-electron chi connectivity index (χ0n) is 16.2. The van der Waals surface area contributed by atoms with E-state index >= 15 is 0 Å². The molecule has 1 aliphatic rings. The summed E-state index contributed by atoms with van der Waals surface area (Å²) in [5.41, 5.74) is 2.01. The predicted octanol–water partition coefficient (Wildman–Crippen LogP) is 5.27. The fourth-order valence-electron chi connectivity index (χ4n) is 3.96. The topological polar surface area (TPSA) is 46.2 Å². The van der Waals surface area contributed by atoms with E-state index in [1.54, 1.807) is 6.07 Å². The third-order valence-electron chi connectivity index (χ3n) is 5.47. The number of hydrogen-bond acceptors (Lipinski definition) is 3.